The van der Waals surface area contributed by atoms with Crippen molar-refractivity contribution in [2.75, 3.05) is 25.6 Å². The molecule has 0 fully saturated rings. The molecule has 0 aliphatic carbocycles. The van der Waals surface area contributed by atoms with Gasteiger partial charge in [-0.25, -0.2) is 0 Å². The van der Waals surface area contributed by atoms with Gasteiger partial charge >= 0.3 is 0 Å². The summed E-state index contributed by atoms with van der Waals surface area (Å²) in [5, 5.41) is 0. The Hall–Kier alpha value is -0.281. The van der Waals surface area contributed by atoms with Crippen LogP contribution < -0.4 is 4.90 Å². The van der Waals surface area contributed by atoms with Crippen molar-refractivity contribution in [2.24, 2.45) is 0 Å². The third kappa shape index (κ3) is 10.0. The van der Waals surface area contributed by atoms with Crippen molar-refractivity contribution in [2.45, 2.75) is 13.3 Å². The van der Waals surface area contributed by atoms with Crippen molar-refractivity contribution in [1.82, 2.24) is 4.98 Å². The Balaban J connectivity index is 0. The van der Waals surface area contributed by atoms with E-state index in [1.165, 1.54) is 5.69 Å². The molecule has 91 valence electrons. The second kappa shape index (κ2) is 11.8. The molecule has 0 aliphatic rings. The molecule has 0 unspecified atom stereocenters. The second-order valence-corrected chi connectivity index (χ2v) is 3.13. The SMILES string of the molecule is CCCOCl.CN(C)c1ccncc1.[Cu]. The summed E-state index contributed by atoms with van der Waals surface area (Å²) in [6.45, 7) is 2.66. The van der Waals surface area contributed by atoms with Crippen molar-refractivity contribution in [3.63, 3.8) is 0 Å². The van der Waals surface area contributed by atoms with Crippen molar-refractivity contribution >= 4 is 17.6 Å². The van der Waals surface area contributed by atoms with Gasteiger partial charge in [-0.2, -0.15) is 0 Å². The van der Waals surface area contributed by atoms with E-state index in [9.17, 15) is 0 Å². The number of rotatable bonds is 3. The summed E-state index contributed by atoms with van der Waals surface area (Å²) in [7, 11) is 4.02. The number of anilines is 1. The largest absolute Gasteiger partial charge is 0.378 e. The van der Waals surface area contributed by atoms with Gasteiger partial charge in [0, 0.05) is 49.2 Å². The minimum absolute atomic E-state index is 0. The van der Waals surface area contributed by atoms with Gasteiger partial charge in [0.25, 0.3) is 0 Å². The van der Waals surface area contributed by atoms with Gasteiger partial charge in [0.15, 0.2) is 0 Å². The fourth-order valence-electron chi connectivity index (χ4n) is 0.719. The quantitative estimate of drug-likeness (QED) is 0.796. The average molecular weight is 280 g/mol. The molecule has 0 atom stereocenters. The zero-order chi connectivity index (χ0) is 10.8. The number of hydrogen-bond acceptors (Lipinski definition) is 3. The molecule has 0 saturated carbocycles. The Labute approximate surface area is 107 Å². The average Bonchev–Trinajstić information content (AvgIpc) is 2.21. The van der Waals surface area contributed by atoms with Gasteiger partial charge < -0.3 is 4.90 Å². The molecular formula is C10H17ClCuN2O. The van der Waals surface area contributed by atoms with Crippen LogP contribution in [0, 0.1) is 0 Å². The van der Waals surface area contributed by atoms with Crippen LogP contribution in [0.1, 0.15) is 13.3 Å². The zero-order valence-electron chi connectivity index (χ0n) is 9.21. The molecule has 1 aromatic rings. The van der Waals surface area contributed by atoms with Gasteiger partial charge in [-0.3, -0.25) is 9.27 Å². The van der Waals surface area contributed by atoms with Gasteiger partial charge in [0.05, 0.1) is 18.5 Å². The number of halogens is 1. The fraction of sp³-hybridized carbons (Fsp3) is 0.500. The van der Waals surface area contributed by atoms with Gasteiger partial charge in [-0.15, -0.1) is 0 Å². The van der Waals surface area contributed by atoms with Crippen molar-refractivity contribution in [1.29, 1.82) is 0 Å². The Morgan fingerprint density at radius 2 is 1.87 bits per heavy atom. The summed E-state index contributed by atoms with van der Waals surface area (Å²) in [5.74, 6) is 0. The van der Waals surface area contributed by atoms with Gasteiger partial charge in [0.2, 0.25) is 0 Å². The second-order valence-electron chi connectivity index (χ2n) is 2.91. The first-order valence-electron chi connectivity index (χ1n) is 4.53. The monoisotopic (exact) mass is 279 g/mol. The minimum Gasteiger partial charge on any atom is -0.378 e. The maximum absolute atomic E-state index is 4.80. The van der Waals surface area contributed by atoms with E-state index in [0.717, 1.165) is 6.42 Å². The zero-order valence-corrected chi connectivity index (χ0v) is 10.9. The number of hydrogen-bond donors (Lipinski definition) is 0. The summed E-state index contributed by atoms with van der Waals surface area (Å²) in [6.07, 6.45) is 4.56. The number of nitrogens with zero attached hydrogens (tertiary/aromatic N) is 2. The first kappa shape index (κ1) is 17.1. The third-order valence-corrected chi connectivity index (χ3v) is 1.61. The molecule has 3 nitrogen and oxygen atoms in total. The van der Waals surface area contributed by atoms with E-state index >= 15 is 0 Å². The normalized spacial score (nSPS) is 8.27. The van der Waals surface area contributed by atoms with E-state index in [4.69, 9.17) is 11.9 Å². The molecular weight excluding hydrogens is 263 g/mol. The van der Waals surface area contributed by atoms with Crippen LogP contribution in [0.25, 0.3) is 0 Å². The van der Waals surface area contributed by atoms with E-state index in [-0.39, 0.29) is 17.1 Å². The molecule has 1 heterocycles. The Morgan fingerprint density at radius 3 is 2.07 bits per heavy atom. The standard InChI is InChI=1S/C7H10N2.C3H7ClO.Cu/c1-9(2)7-3-5-8-6-4-7;1-2-3-5-4;/h3-6H,1-2H3;2-3H2,1H3;. The fourth-order valence-corrected chi connectivity index (χ4v) is 0.874. The molecule has 1 aromatic heterocycles. The predicted molar refractivity (Wildman–Crippen MR) is 60.7 cm³/mol. The van der Waals surface area contributed by atoms with Gasteiger partial charge in [-0.05, 0) is 18.6 Å². The molecule has 0 spiro atoms. The molecule has 15 heavy (non-hydrogen) atoms. The van der Waals surface area contributed by atoms with E-state index in [1.54, 1.807) is 12.4 Å². The van der Waals surface area contributed by atoms with E-state index < -0.39 is 0 Å². The summed E-state index contributed by atoms with van der Waals surface area (Å²) in [5.41, 5.74) is 1.19. The van der Waals surface area contributed by atoms with Crippen LogP contribution in [-0.4, -0.2) is 25.7 Å². The molecule has 0 bridgehead atoms. The van der Waals surface area contributed by atoms with E-state index in [2.05, 4.69) is 9.27 Å². The van der Waals surface area contributed by atoms with Crippen LogP contribution in [-0.2, 0) is 21.4 Å². The maximum Gasteiger partial charge on any atom is 0.0679 e. The first-order chi connectivity index (χ1) is 6.72. The van der Waals surface area contributed by atoms with Crippen LogP contribution in [0.15, 0.2) is 24.5 Å². The van der Waals surface area contributed by atoms with E-state index in [0.29, 0.717) is 6.61 Å². The van der Waals surface area contributed by atoms with Crippen molar-refractivity contribution in [3.05, 3.63) is 24.5 Å². The molecule has 1 rings (SSSR count). The predicted octanol–water partition coefficient (Wildman–Crippen LogP) is 2.71. The molecule has 5 heteroatoms. The molecule has 1 radical (unpaired) electrons. The van der Waals surface area contributed by atoms with Crippen molar-refractivity contribution < 1.29 is 21.4 Å². The molecule has 0 aliphatic heterocycles. The Morgan fingerprint density at radius 1 is 1.33 bits per heavy atom. The van der Waals surface area contributed by atoms with Crippen molar-refractivity contribution in [3.8, 4) is 0 Å². The van der Waals surface area contributed by atoms with Crippen LogP contribution in [0.5, 0.6) is 0 Å². The summed E-state index contributed by atoms with van der Waals surface area (Å²) >= 11 is 4.80. The molecule has 0 aromatic carbocycles. The van der Waals surface area contributed by atoms with Crippen LogP contribution in [0.2, 0.25) is 0 Å². The Kier molecular flexibility index (Phi) is 13.5. The third-order valence-electron chi connectivity index (χ3n) is 1.46. The Bertz CT molecular complexity index is 220. The smallest absolute Gasteiger partial charge is 0.0679 e. The van der Waals surface area contributed by atoms with Crippen LogP contribution >= 0.6 is 11.9 Å². The molecule has 0 N–H and O–H groups in total. The minimum atomic E-state index is 0. The van der Waals surface area contributed by atoms with E-state index in [1.807, 2.05) is 38.1 Å². The topological polar surface area (TPSA) is 25.4 Å². The molecule has 0 amide bonds. The summed E-state index contributed by atoms with van der Waals surface area (Å²) < 4.78 is 4.16. The summed E-state index contributed by atoms with van der Waals surface area (Å²) in [6, 6.07) is 3.94. The summed E-state index contributed by atoms with van der Waals surface area (Å²) in [4.78, 5) is 5.94. The number of pyridine rings is 1. The molecule has 0 saturated heterocycles. The maximum atomic E-state index is 4.80. The van der Waals surface area contributed by atoms with Crippen LogP contribution in [0.4, 0.5) is 5.69 Å². The van der Waals surface area contributed by atoms with Crippen LogP contribution in [0.3, 0.4) is 0 Å². The first-order valence-corrected chi connectivity index (χ1v) is 4.84. The number of aromatic nitrogens is 1. The van der Waals surface area contributed by atoms with Gasteiger partial charge in [0.1, 0.15) is 0 Å². The van der Waals surface area contributed by atoms with Gasteiger partial charge in [-0.1, -0.05) is 6.92 Å².